The van der Waals surface area contributed by atoms with E-state index in [1.54, 1.807) is 0 Å². The number of nitrogens with one attached hydrogen (secondary N) is 1. The Morgan fingerprint density at radius 1 is 1.32 bits per heavy atom. The molecule has 3 nitrogen and oxygen atoms in total. The molecule has 1 aromatic heterocycles. The largest absolute Gasteiger partial charge is 0.310 e. The molecule has 0 amide bonds. The number of aryl methyl sites for hydroxylation is 1. The van der Waals surface area contributed by atoms with Crippen molar-refractivity contribution in [2.24, 2.45) is 5.41 Å². The van der Waals surface area contributed by atoms with Crippen LogP contribution in [0.15, 0.2) is 0 Å². The molecule has 0 saturated heterocycles. The van der Waals surface area contributed by atoms with Crippen molar-refractivity contribution in [1.29, 1.82) is 0 Å². The maximum atomic E-state index is 6.34. The minimum absolute atomic E-state index is 0.320. The van der Waals surface area contributed by atoms with Gasteiger partial charge in [0, 0.05) is 11.3 Å². The summed E-state index contributed by atoms with van der Waals surface area (Å²) in [5.74, 6) is 0.833. The SMILES string of the molecule is CCCCNCc1nc(Cl)c2c(n1)CCC(C)(C)C2. The summed E-state index contributed by atoms with van der Waals surface area (Å²) in [6, 6.07) is 0. The molecular formula is C15H24ClN3. The van der Waals surface area contributed by atoms with Crippen molar-refractivity contribution >= 4 is 11.6 Å². The van der Waals surface area contributed by atoms with Gasteiger partial charge in [-0.05, 0) is 37.6 Å². The van der Waals surface area contributed by atoms with Crippen LogP contribution < -0.4 is 5.32 Å². The lowest BCUT2D eigenvalue weighted by Crippen LogP contribution is -2.25. The second kappa shape index (κ2) is 6.19. The fourth-order valence-electron chi connectivity index (χ4n) is 2.53. The molecule has 0 bridgehead atoms. The summed E-state index contributed by atoms with van der Waals surface area (Å²) in [4.78, 5) is 9.12. The average molecular weight is 282 g/mol. The van der Waals surface area contributed by atoms with Crippen molar-refractivity contribution < 1.29 is 0 Å². The van der Waals surface area contributed by atoms with E-state index in [9.17, 15) is 0 Å². The molecule has 1 N–H and O–H groups in total. The Balaban J connectivity index is 2.07. The summed E-state index contributed by atoms with van der Waals surface area (Å²) < 4.78 is 0. The predicted molar refractivity (Wildman–Crippen MR) is 79.5 cm³/mol. The zero-order chi connectivity index (χ0) is 13.9. The topological polar surface area (TPSA) is 37.8 Å². The van der Waals surface area contributed by atoms with Crippen LogP contribution in [0.25, 0.3) is 0 Å². The van der Waals surface area contributed by atoms with Crippen LogP contribution in [-0.4, -0.2) is 16.5 Å². The molecule has 0 saturated carbocycles. The van der Waals surface area contributed by atoms with Crippen LogP contribution in [0.2, 0.25) is 5.15 Å². The molecule has 0 spiro atoms. The molecule has 0 atom stereocenters. The lowest BCUT2D eigenvalue weighted by atomic mass is 9.76. The maximum Gasteiger partial charge on any atom is 0.144 e. The van der Waals surface area contributed by atoms with E-state index < -0.39 is 0 Å². The Kier molecular flexibility index (Phi) is 4.80. The van der Waals surface area contributed by atoms with Crippen molar-refractivity contribution in [3.05, 3.63) is 22.2 Å². The number of unbranched alkanes of at least 4 members (excludes halogenated alkanes) is 1. The van der Waals surface area contributed by atoms with Crippen LogP contribution >= 0.6 is 11.6 Å². The van der Waals surface area contributed by atoms with Crippen molar-refractivity contribution in [2.75, 3.05) is 6.54 Å². The van der Waals surface area contributed by atoms with Crippen molar-refractivity contribution in [3.8, 4) is 0 Å². The van der Waals surface area contributed by atoms with Gasteiger partial charge in [-0.25, -0.2) is 9.97 Å². The maximum absolute atomic E-state index is 6.34. The third-order valence-corrected chi connectivity index (χ3v) is 4.09. The van der Waals surface area contributed by atoms with Gasteiger partial charge in [-0.1, -0.05) is 38.8 Å². The quantitative estimate of drug-likeness (QED) is 0.663. The summed E-state index contributed by atoms with van der Waals surface area (Å²) in [5.41, 5.74) is 2.64. The van der Waals surface area contributed by atoms with E-state index in [-0.39, 0.29) is 0 Å². The molecule has 2 rings (SSSR count). The second-order valence-corrected chi connectivity index (χ2v) is 6.59. The zero-order valence-corrected chi connectivity index (χ0v) is 13.0. The van der Waals surface area contributed by atoms with Crippen molar-refractivity contribution in [3.63, 3.8) is 0 Å². The smallest absolute Gasteiger partial charge is 0.144 e. The first-order valence-electron chi connectivity index (χ1n) is 7.27. The highest BCUT2D eigenvalue weighted by atomic mass is 35.5. The first-order valence-corrected chi connectivity index (χ1v) is 7.64. The van der Waals surface area contributed by atoms with E-state index >= 15 is 0 Å². The van der Waals surface area contributed by atoms with E-state index in [1.807, 2.05) is 0 Å². The van der Waals surface area contributed by atoms with Crippen LogP contribution in [0.4, 0.5) is 0 Å². The molecule has 0 aromatic carbocycles. The Morgan fingerprint density at radius 3 is 2.84 bits per heavy atom. The highest BCUT2D eigenvalue weighted by Gasteiger charge is 2.28. The van der Waals surface area contributed by atoms with Gasteiger partial charge in [0.05, 0.1) is 6.54 Å². The molecule has 4 heteroatoms. The minimum atomic E-state index is 0.320. The third kappa shape index (κ3) is 3.90. The van der Waals surface area contributed by atoms with Crippen LogP contribution in [0, 0.1) is 5.41 Å². The molecule has 0 fully saturated rings. The predicted octanol–water partition coefficient (Wildman–Crippen LogP) is 3.53. The number of fused-ring (bicyclic) bond motifs is 1. The monoisotopic (exact) mass is 281 g/mol. The fraction of sp³-hybridized carbons (Fsp3) is 0.733. The lowest BCUT2D eigenvalue weighted by molar-refractivity contribution is 0.311. The normalized spacial score (nSPS) is 17.3. The highest BCUT2D eigenvalue weighted by molar-refractivity contribution is 6.30. The highest BCUT2D eigenvalue weighted by Crippen LogP contribution is 2.36. The zero-order valence-electron chi connectivity index (χ0n) is 12.2. The van der Waals surface area contributed by atoms with Crippen LogP contribution in [-0.2, 0) is 19.4 Å². The summed E-state index contributed by atoms with van der Waals surface area (Å²) in [6.45, 7) is 8.49. The molecule has 1 heterocycles. The summed E-state index contributed by atoms with van der Waals surface area (Å²) in [7, 11) is 0. The molecule has 0 unspecified atom stereocenters. The van der Waals surface area contributed by atoms with Crippen molar-refractivity contribution in [2.45, 2.75) is 59.4 Å². The Labute approximate surface area is 121 Å². The van der Waals surface area contributed by atoms with E-state index in [0.29, 0.717) is 10.6 Å². The molecule has 106 valence electrons. The number of aromatic nitrogens is 2. The van der Waals surface area contributed by atoms with E-state index in [2.05, 4.69) is 36.1 Å². The number of halogens is 1. The van der Waals surface area contributed by atoms with Gasteiger partial charge in [-0.15, -0.1) is 0 Å². The van der Waals surface area contributed by atoms with Gasteiger partial charge in [0.2, 0.25) is 0 Å². The first kappa shape index (κ1) is 14.7. The van der Waals surface area contributed by atoms with E-state index in [1.165, 1.54) is 19.3 Å². The molecule has 19 heavy (non-hydrogen) atoms. The van der Waals surface area contributed by atoms with Crippen LogP contribution in [0.3, 0.4) is 0 Å². The molecular weight excluding hydrogens is 258 g/mol. The van der Waals surface area contributed by atoms with Crippen LogP contribution in [0.5, 0.6) is 0 Å². The Hall–Kier alpha value is -0.670. The lowest BCUT2D eigenvalue weighted by Gasteiger charge is -2.31. The first-order chi connectivity index (χ1) is 9.02. The van der Waals surface area contributed by atoms with Gasteiger partial charge < -0.3 is 5.32 Å². The van der Waals surface area contributed by atoms with E-state index in [4.69, 9.17) is 11.6 Å². The molecule has 0 radical (unpaired) electrons. The summed E-state index contributed by atoms with van der Waals surface area (Å²) in [5, 5.41) is 4.03. The van der Waals surface area contributed by atoms with Gasteiger partial charge in [-0.3, -0.25) is 0 Å². The number of rotatable bonds is 5. The van der Waals surface area contributed by atoms with Gasteiger partial charge in [0.25, 0.3) is 0 Å². The average Bonchev–Trinajstić information content (AvgIpc) is 2.35. The van der Waals surface area contributed by atoms with Crippen molar-refractivity contribution in [1.82, 2.24) is 15.3 Å². The number of hydrogen-bond donors (Lipinski definition) is 1. The standard InChI is InChI=1S/C15H24ClN3/c1-4-5-8-17-10-13-18-12-6-7-15(2,3)9-11(12)14(16)19-13/h17H,4-10H2,1-3H3. The van der Waals surface area contributed by atoms with Gasteiger partial charge in [-0.2, -0.15) is 0 Å². The van der Waals surface area contributed by atoms with Gasteiger partial charge in [0.1, 0.15) is 11.0 Å². The summed E-state index contributed by atoms with van der Waals surface area (Å²) >= 11 is 6.34. The molecule has 0 aliphatic heterocycles. The Bertz CT molecular complexity index is 443. The molecule has 1 aliphatic rings. The van der Waals surface area contributed by atoms with Gasteiger partial charge in [0.15, 0.2) is 0 Å². The number of hydrogen-bond acceptors (Lipinski definition) is 3. The fourth-order valence-corrected chi connectivity index (χ4v) is 2.81. The number of nitrogens with zero attached hydrogens (tertiary/aromatic N) is 2. The second-order valence-electron chi connectivity index (χ2n) is 6.23. The molecule has 1 aromatic rings. The molecule has 1 aliphatic carbocycles. The van der Waals surface area contributed by atoms with Crippen LogP contribution in [0.1, 0.15) is 57.1 Å². The minimum Gasteiger partial charge on any atom is -0.310 e. The summed E-state index contributed by atoms with van der Waals surface area (Å²) in [6.07, 6.45) is 5.58. The third-order valence-electron chi connectivity index (χ3n) is 3.77. The van der Waals surface area contributed by atoms with Gasteiger partial charge >= 0.3 is 0 Å². The Morgan fingerprint density at radius 2 is 2.11 bits per heavy atom. The van der Waals surface area contributed by atoms with E-state index in [0.717, 1.165) is 43.0 Å².